The van der Waals surface area contributed by atoms with Crippen LogP contribution in [0.4, 0.5) is 38.0 Å². The lowest BCUT2D eigenvalue weighted by Crippen LogP contribution is -2.60. The molecule has 3 aromatic rings. The second kappa shape index (κ2) is 10.7. The summed E-state index contributed by atoms with van der Waals surface area (Å²) in [6.45, 7) is 1.85. The van der Waals surface area contributed by atoms with Gasteiger partial charge in [-0.1, -0.05) is 11.6 Å². The molecule has 6 heterocycles. The number of ether oxygens (including phenoxy) is 2. The van der Waals surface area contributed by atoms with Crippen molar-refractivity contribution in [1.82, 2.24) is 25.2 Å². The Labute approximate surface area is 252 Å². The maximum absolute atomic E-state index is 16.7. The van der Waals surface area contributed by atoms with Gasteiger partial charge in [0.15, 0.2) is 11.6 Å². The van der Waals surface area contributed by atoms with Crippen LogP contribution >= 0.6 is 11.6 Å². The van der Waals surface area contributed by atoms with E-state index in [4.69, 9.17) is 26.8 Å². The number of pyridine rings is 1. The largest absolute Gasteiger partial charge is 0.489 e. The Morgan fingerprint density at radius 2 is 2.00 bits per heavy atom. The molecule has 1 aromatic carbocycles. The molecule has 4 aliphatic rings. The van der Waals surface area contributed by atoms with Crippen molar-refractivity contribution in [3.63, 3.8) is 0 Å². The number of nitrogen functional groups attached to an aromatic ring is 1. The minimum atomic E-state index is -4.91. The van der Waals surface area contributed by atoms with Crippen molar-refractivity contribution in [3.8, 4) is 23.0 Å². The van der Waals surface area contributed by atoms with Gasteiger partial charge in [-0.15, -0.1) is 0 Å². The quantitative estimate of drug-likeness (QED) is 0.367. The number of nitrogens with one attached hydrogen (secondary N) is 1. The summed E-state index contributed by atoms with van der Waals surface area (Å²) in [5.74, 6) is -1.22. The van der Waals surface area contributed by atoms with Gasteiger partial charge in [-0.3, -0.25) is 4.90 Å². The van der Waals surface area contributed by atoms with Gasteiger partial charge in [0.2, 0.25) is 0 Å². The summed E-state index contributed by atoms with van der Waals surface area (Å²) in [5.41, 5.74) is 2.57. The number of anilines is 2. The molecule has 0 radical (unpaired) electrons. The number of likely N-dealkylation sites (tertiary alicyclic amines) is 1. The number of hydrogen-bond acceptors (Lipinski definition) is 9. The molecule has 0 spiro atoms. The maximum atomic E-state index is 16.7. The van der Waals surface area contributed by atoms with E-state index in [0.29, 0.717) is 19.5 Å². The third-order valence-corrected chi connectivity index (χ3v) is 9.33. The first-order chi connectivity index (χ1) is 20.9. The maximum Gasteiger partial charge on any atom is 0.418 e. The highest BCUT2D eigenvalue weighted by molar-refractivity contribution is 6.36. The molecule has 0 aliphatic carbocycles. The van der Waals surface area contributed by atoms with Crippen molar-refractivity contribution in [2.24, 2.45) is 0 Å². The van der Waals surface area contributed by atoms with Crippen LogP contribution in [0.15, 0.2) is 6.07 Å². The van der Waals surface area contributed by atoms with Crippen molar-refractivity contribution in [2.75, 3.05) is 43.5 Å². The number of rotatable bonds is 6. The third kappa shape index (κ3) is 4.83. The van der Waals surface area contributed by atoms with Crippen molar-refractivity contribution < 1.29 is 35.8 Å². The van der Waals surface area contributed by atoms with E-state index < -0.39 is 46.8 Å². The summed E-state index contributed by atoms with van der Waals surface area (Å²) in [7, 11) is 0. The van der Waals surface area contributed by atoms with E-state index in [2.05, 4.69) is 20.3 Å². The predicted molar refractivity (Wildman–Crippen MR) is 150 cm³/mol. The average Bonchev–Trinajstić information content (AvgIpc) is 3.23. The summed E-state index contributed by atoms with van der Waals surface area (Å²) in [5, 5.41) is 3.24. The molecule has 2 aromatic heterocycles. The van der Waals surface area contributed by atoms with Gasteiger partial charge in [0.25, 0.3) is 6.43 Å². The van der Waals surface area contributed by atoms with Crippen LogP contribution in [0.5, 0.6) is 11.8 Å². The fourth-order valence-electron chi connectivity index (χ4n) is 6.86. The van der Waals surface area contributed by atoms with Crippen LogP contribution in [-0.4, -0.2) is 83.3 Å². The first kappa shape index (κ1) is 29.4. The van der Waals surface area contributed by atoms with Gasteiger partial charge >= 0.3 is 12.2 Å². The number of aromatic nitrogens is 3. The molecular weight excluding hydrogens is 616 g/mol. The molecule has 4 atom stereocenters. The highest BCUT2D eigenvalue weighted by Crippen LogP contribution is 2.51. The zero-order valence-electron chi connectivity index (χ0n) is 23.4. The molecule has 236 valence electrons. The molecule has 3 fully saturated rings. The van der Waals surface area contributed by atoms with E-state index in [-0.39, 0.29) is 77.2 Å². The average molecular weight is 644 g/mol. The van der Waals surface area contributed by atoms with Gasteiger partial charge in [0.1, 0.15) is 30.4 Å². The highest BCUT2D eigenvalue weighted by Gasteiger charge is 2.45. The number of benzene rings is 1. The molecule has 0 unspecified atom stereocenters. The van der Waals surface area contributed by atoms with Gasteiger partial charge < -0.3 is 25.4 Å². The Morgan fingerprint density at radius 3 is 2.70 bits per heavy atom. The number of piperazine rings is 1. The Kier molecular flexibility index (Phi) is 7.12. The molecule has 9 nitrogen and oxygen atoms in total. The van der Waals surface area contributed by atoms with Crippen molar-refractivity contribution in [3.05, 3.63) is 28.0 Å². The molecular formula is C28H28ClF6N7O2. The Balaban J connectivity index is 1.41. The number of halogens is 7. The second-order valence-electron chi connectivity index (χ2n) is 11.7. The minimum Gasteiger partial charge on any atom is -0.489 e. The van der Waals surface area contributed by atoms with E-state index >= 15 is 4.39 Å². The van der Waals surface area contributed by atoms with Crippen LogP contribution in [0, 0.1) is 12.7 Å². The molecule has 4 aliphatic heterocycles. The molecule has 16 heteroatoms. The number of aryl methyl sites for hydroxylation is 1. The smallest absolute Gasteiger partial charge is 0.418 e. The minimum absolute atomic E-state index is 0.0218. The van der Waals surface area contributed by atoms with Crippen molar-refractivity contribution in [2.45, 2.75) is 63.0 Å². The summed E-state index contributed by atoms with van der Waals surface area (Å²) in [4.78, 5) is 16.4. The van der Waals surface area contributed by atoms with E-state index in [9.17, 15) is 22.0 Å². The molecule has 44 heavy (non-hydrogen) atoms. The van der Waals surface area contributed by atoms with Crippen LogP contribution in [0.2, 0.25) is 5.02 Å². The molecule has 0 saturated carbocycles. The monoisotopic (exact) mass is 643 g/mol. The first-order valence-electron chi connectivity index (χ1n) is 14.3. The van der Waals surface area contributed by atoms with Crippen molar-refractivity contribution >= 4 is 34.1 Å². The van der Waals surface area contributed by atoms with Crippen LogP contribution in [0.1, 0.15) is 30.4 Å². The van der Waals surface area contributed by atoms with Crippen LogP contribution in [0.3, 0.4) is 0 Å². The van der Waals surface area contributed by atoms with Crippen LogP contribution < -0.4 is 25.4 Å². The Bertz CT molecular complexity index is 1640. The number of fused-ring (bicyclic) bond motifs is 5. The second-order valence-corrected chi connectivity index (χ2v) is 12.1. The number of hydrogen-bond donors (Lipinski definition) is 2. The number of nitrogens with two attached hydrogens (primary N) is 1. The van der Waals surface area contributed by atoms with Gasteiger partial charge in [0, 0.05) is 31.2 Å². The fraction of sp³-hybridized carbons (Fsp3) is 0.536. The van der Waals surface area contributed by atoms with Crippen LogP contribution in [-0.2, 0) is 6.18 Å². The molecule has 7 rings (SSSR count). The van der Waals surface area contributed by atoms with E-state index in [1.165, 1.54) is 6.92 Å². The predicted octanol–water partition coefficient (Wildman–Crippen LogP) is 4.81. The summed E-state index contributed by atoms with van der Waals surface area (Å²) in [6, 6.07) is 0.403. The third-order valence-electron chi connectivity index (χ3n) is 8.97. The van der Waals surface area contributed by atoms with Crippen LogP contribution in [0.25, 0.3) is 22.2 Å². The topological polar surface area (TPSA) is 102 Å². The molecule has 3 N–H and O–H groups in total. The van der Waals surface area contributed by atoms with Gasteiger partial charge in [-0.25, -0.2) is 18.2 Å². The van der Waals surface area contributed by atoms with E-state index in [1.54, 1.807) is 4.90 Å². The first-order valence-corrected chi connectivity index (χ1v) is 14.7. The normalized spacial score (nSPS) is 24.7. The SMILES string of the molecule is Cc1cc(N)nc(-c2c(Cl)c3c4c(nc(OC[C@@H]5CCN5CC(F)F)nc4c2F)N2C[C@H]4CC[C@H](N4)[C@H]2CO3)c1C(F)(F)F. The van der Waals surface area contributed by atoms with E-state index in [0.717, 1.165) is 18.9 Å². The standard InChI is InChI=1S/C28H28ClF6N7O2/c1-11-6-17(36)38-23(20(11)28(33,34)35)18-21(29)25-19-24(22(18)32)39-27(44-9-13-4-5-41(13)8-16(30)31)40-26(19)42-7-12-2-3-14(37-12)15(42)10-43-25/h6,12-16,37H,2-5,7-10H2,1H3,(H2,36,38)/t12-,13+,14+,15-/m1/s1. The Hall–Kier alpha value is -3.30. The lowest BCUT2D eigenvalue weighted by Gasteiger charge is -2.41. The van der Waals surface area contributed by atoms with Crippen molar-refractivity contribution in [1.29, 1.82) is 0 Å². The highest BCUT2D eigenvalue weighted by atomic mass is 35.5. The molecule has 2 bridgehead atoms. The van der Waals surface area contributed by atoms with Gasteiger partial charge in [-0.05, 0) is 37.8 Å². The fourth-order valence-corrected chi connectivity index (χ4v) is 7.19. The summed E-state index contributed by atoms with van der Waals surface area (Å²) in [6.07, 6.45) is -5.03. The summed E-state index contributed by atoms with van der Waals surface area (Å²) >= 11 is 6.73. The zero-order chi connectivity index (χ0) is 31.1. The zero-order valence-corrected chi connectivity index (χ0v) is 24.2. The molecule has 3 saturated heterocycles. The number of nitrogens with zero attached hydrogens (tertiary/aromatic N) is 5. The lowest BCUT2D eigenvalue weighted by molar-refractivity contribution is -0.137. The number of alkyl halides is 5. The Morgan fingerprint density at radius 1 is 1.20 bits per heavy atom. The molecule has 0 amide bonds. The van der Waals surface area contributed by atoms with Gasteiger partial charge in [-0.2, -0.15) is 23.1 Å². The lowest BCUT2D eigenvalue weighted by atomic mass is 9.98. The summed E-state index contributed by atoms with van der Waals surface area (Å²) < 4.78 is 97.6. The van der Waals surface area contributed by atoms with Gasteiger partial charge in [0.05, 0.1) is 39.8 Å². The van der Waals surface area contributed by atoms with E-state index in [1.807, 2.05) is 4.90 Å².